The lowest BCUT2D eigenvalue weighted by Gasteiger charge is -2.25. The Hall–Kier alpha value is -3.26. The van der Waals surface area contributed by atoms with Crippen LogP contribution in [0, 0.1) is 0 Å². The fraction of sp³-hybridized carbons (Fsp3) is 0.190. The van der Waals surface area contributed by atoms with Gasteiger partial charge in [0.05, 0.1) is 5.75 Å². The van der Waals surface area contributed by atoms with Crippen molar-refractivity contribution >= 4 is 39.8 Å². The first-order valence-corrected chi connectivity index (χ1v) is 10.1. The van der Waals surface area contributed by atoms with Gasteiger partial charge in [-0.2, -0.15) is 0 Å². The number of nitrogens with zero attached hydrogens (tertiary/aromatic N) is 2. The van der Waals surface area contributed by atoms with Crippen LogP contribution in [0.3, 0.4) is 0 Å². The summed E-state index contributed by atoms with van der Waals surface area (Å²) in [5, 5.41) is 1.53. The average Bonchev–Trinajstić information content (AvgIpc) is 3.15. The molecule has 1 atom stereocenters. The topological polar surface area (TPSA) is 83.7 Å². The van der Waals surface area contributed by atoms with E-state index in [1.807, 2.05) is 48.5 Å². The molecule has 0 saturated heterocycles. The van der Waals surface area contributed by atoms with Gasteiger partial charge in [0, 0.05) is 5.39 Å². The van der Waals surface area contributed by atoms with Gasteiger partial charge < -0.3 is 18.6 Å². The Morgan fingerprint density at radius 3 is 2.86 bits per heavy atom. The fourth-order valence-electron chi connectivity index (χ4n) is 3.11. The van der Waals surface area contributed by atoms with Crippen molar-refractivity contribution in [2.75, 3.05) is 19.0 Å². The van der Waals surface area contributed by atoms with Gasteiger partial charge in [0.15, 0.2) is 23.2 Å². The number of para-hydroxylation sites is 3. The molecule has 1 unspecified atom stereocenters. The molecule has 5 rings (SSSR count). The summed E-state index contributed by atoms with van der Waals surface area (Å²) in [6, 6.07) is 15.1. The number of esters is 1. The second-order valence-electron chi connectivity index (χ2n) is 6.42. The van der Waals surface area contributed by atoms with Crippen molar-refractivity contribution in [3.8, 4) is 11.5 Å². The third-order valence-corrected chi connectivity index (χ3v) is 5.39. The maximum atomic E-state index is 12.2. The predicted octanol–water partition coefficient (Wildman–Crippen LogP) is 3.85. The number of hydrogen-bond acceptors (Lipinski definition) is 8. The van der Waals surface area contributed by atoms with E-state index in [4.69, 9.17) is 18.6 Å². The van der Waals surface area contributed by atoms with Gasteiger partial charge in [0.25, 0.3) is 0 Å². The van der Waals surface area contributed by atoms with Crippen LogP contribution in [-0.4, -0.2) is 41.0 Å². The molecule has 0 radical (unpaired) electrons. The summed E-state index contributed by atoms with van der Waals surface area (Å²) >= 11 is 1.26. The van der Waals surface area contributed by atoms with Gasteiger partial charge in [-0.25, -0.2) is 9.97 Å². The van der Waals surface area contributed by atoms with Crippen LogP contribution in [0.5, 0.6) is 11.5 Å². The molecular weight excluding hydrogens is 392 g/mol. The van der Waals surface area contributed by atoms with E-state index in [0.29, 0.717) is 28.7 Å². The standard InChI is InChI=1S/C21H16N2O5S/c24-18(26-10-13-9-25-16-7-3-4-8-17(16)27-13)11-29-21-20-19(22-12-23-21)14-5-1-2-6-15(14)28-20/h1-8,12-13H,9-11H2. The number of hydrogen-bond donors (Lipinski definition) is 0. The maximum absolute atomic E-state index is 12.2. The minimum atomic E-state index is -0.361. The first kappa shape index (κ1) is 17.8. The van der Waals surface area contributed by atoms with Gasteiger partial charge in [-0.05, 0) is 24.3 Å². The Bertz CT molecular complexity index is 1190. The maximum Gasteiger partial charge on any atom is 0.316 e. The van der Waals surface area contributed by atoms with Gasteiger partial charge in [-0.1, -0.05) is 36.0 Å². The van der Waals surface area contributed by atoms with Crippen LogP contribution in [0.15, 0.2) is 64.3 Å². The molecule has 0 spiro atoms. The highest BCUT2D eigenvalue weighted by Crippen LogP contribution is 2.33. The Labute approximate surface area is 170 Å². The molecule has 29 heavy (non-hydrogen) atoms. The van der Waals surface area contributed by atoms with Crippen LogP contribution >= 0.6 is 11.8 Å². The Morgan fingerprint density at radius 1 is 1.10 bits per heavy atom. The highest BCUT2D eigenvalue weighted by Gasteiger charge is 2.22. The number of carbonyl (C=O) groups excluding carboxylic acids is 1. The minimum Gasteiger partial charge on any atom is -0.486 e. The number of rotatable bonds is 5. The molecule has 0 aliphatic carbocycles. The van der Waals surface area contributed by atoms with Crippen molar-refractivity contribution in [2.45, 2.75) is 11.1 Å². The second kappa shape index (κ2) is 7.63. The summed E-state index contributed by atoms with van der Waals surface area (Å²) in [7, 11) is 0. The van der Waals surface area contributed by atoms with E-state index in [9.17, 15) is 4.79 Å². The molecule has 0 N–H and O–H groups in total. The zero-order valence-electron chi connectivity index (χ0n) is 15.2. The van der Waals surface area contributed by atoms with Crippen LogP contribution in [0.4, 0.5) is 0 Å². The number of carbonyl (C=O) groups is 1. The molecule has 0 saturated carbocycles. The predicted molar refractivity (Wildman–Crippen MR) is 107 cm³/mol. The normalized spacial score (nSPS) is 15.5. The summed E-state index contributed by atoms with van der Waals surface area (Å²) in [4.78, 5) is 20.8. The molecule has 1 aliphatic rings. The van der Waals surface area contributed by atoms with Crippen molar-refractivity contribution in [3.63, 3.8) is 0 Å². The van der Waals surface area contributed by atoms with Crippen LogP contribution in [-0.2, 0) is 9.53 Å². The van der Waals surface area contributed by atoms with E-state index in [-0.39, 0.29) is 24.4 Å². The van der Waals surface area contributed by atoms with Crippen LogP contribution in [0.25, 0.3) is 22.1 Å². The van der Waals surface area contributed by atoms with E-state index >= 15 is 0 Å². The van der Waals surface area contributed by atoms with E-state index in [1.165, 1.54) is 18.1 Å². The monoisotopic (exact) mass is 408 g/mol. The number of benzene rings is 2. The van der Waals surface area contributed by atoms with E-state index in [2.05, 4.69) is 9.97 Å². The lowest BCUT2D eigenvalue weighted by atomic mass is 10.2. The van der Waals surface area contributed by atoms with Crippen molar-refractivity contribution in [2.24, 2.45) is 0 Å². The average molecular weight is 408 g/mol. The number of ether oxygens (including phenoxy) is 3. The number of thioether (sulfide) groups is 1. The SMILES string of the molecule is O=C(CSc1ncnc2c1oc1ccccc12)OCC1COc2ccccc2O1. The summed E-state index contributed by atoms with van der Waals surface area (Å²) in [5.74, 6) is 1.10. The summed E-state index contributed by atoms with van der Waals surface area (Å²) in [5.41, 5.74) is 2.05. The van der Waals surface area contributed by atoms with Gasteiger partial charge >= 0.3 is 5.97 Å². The molecule has 146 valence electrons. The molecule has 1 aliphatic heterocycles. The zero-order valence-corrected chi connectivity index (χ0v) is 16.1. The van der Waals surface area contributed by atoms with Crippen molar-refractivity contribution in [1.29, 1.82) is 0 Å². The largest absolute Gasteiger partial charge is 0.486 e. The van der Waals surface area contributed by atoms with Crippen molar-refractivity contribution in [3.05, 3.63) is 54.9 Å². The molecule has 7 nitrogen and oxygen atoms in total. The molecule has 3 heterocycles. The fourth-order valence-corrected chi connectivity index (χ4v) is 3.83. The molecule has 0 bridgehead atoms. The lowest BCUT2D eigenvalue weighted by Crippen LogP contribution is -2.34. The van der Waals surface area contributed by atoms with E-state index in [0.717, 1.165) is 16.5 Å². The molecular formula is C21H16N2O5S. The van der Waals surface area contributed by atoms with Gasteiger partial charge in [0.1, 0.15) is 35.7 Å². The highest BCUT2D eigenvalue weighted by molar-refractivity contribution is 8.00. The third kappa shape index (κ3) is 3.58. The first-order valence-electron chi connectivity index (χ1n) is 9.07. The van der Waals surface area contributed by atoms with Crippen LogP contribution in [0.2, 0.25) is 0 Å². The van der Waals surface area contributed by atoms with Crippen molar-refractivity contribution in [1.82, 2.24) is 9.97 Å². The van der Waals surface area contributed by atoms with E-state index < -0.39 is 0 Å². The molecule has 0 amide bonds. The smallest absolute Gasteiger partial charge is 0.316 e. The zero-order chi connectivity index (χ0) is 19.6. The molecule has 8 heteroatoms. The number of fused-ring (bicyclic) bond motifs is 4. The summed E-state index contributed by atoms with van der Waals surface area (Å²) in [6.45, 7) is 0.459. The van der Waals surface area contributed by atoms with Crippen molar-refractivity contribution < 1.29 is 23.4 Å². The molecule has 2 aromatic carbocycles. The Kier molecular flexibility index (Phi) is 4.69. The van der Waals surface area contributed by atoms with Gasteiger partial charge in [0.2, 0.25) is 0 Å². The second-order valence-corrected chi connectivity index (χ2v) is 7.39. The first-order chi connectivity index (χ1) is 14.3. The Morgan fingerprint density at radius 2 is 1.93 bits per heavy atom. The van der Waals surface area contributed by atoms with Gasteiger partial charge in [-0.15, -0.1) is 0 Å². The van der Waals surface area contributed by atoms with Gasteiger partial charge in [-0.3, -0.25) is 4.79 Å². The summed E-state index contributed by atoms with van der Waals surface area (Å²) in [6.07, 6.45) is 1.14. The molecule has 4 aromatic rings. The third-order valence-electron chi connectivity index (χ3n) is 4.45. The number of aromatic nitrogens is 2. The Balaban J connectivity index is 1.20. The quantitative estimate of drug-likeness (QED) is 0.280. The van der Waals surface area contributed by atoms with E-state index in [1.54, 1.807) is 0 Å². The molecule has 0 fully saturated rings. The number of furan rings is 1. The summed E-state index contributed by atoms with van der Waals surface area (Å²) < 4.78 is 22.6. The molecule has 2 aromatic heterocycles. The minimum absolute atomic E-state index is 0.104. The lowest BCUT2D eigenvalue weighted by molar-refractivity contribution is -0.143. The van der Waals surface area contributed by atoms with Crippen LogP contribution < -0.4 is 9.47 Å². The van der Waals surface area contributed by atoms with Crippen LogP contribution in [0.1, 0.15) is 0 Å². The highest BCUT2D eigenvalue weighted by atomic mass is 32.2.